The maximum Gasteiger partial charge on any atom is 0.109 e. The molecule has 2 rings (SSSR count). The second-order valence-electron chi connectivity index (χ2n) is 5.22. The number of nitrogens with one attached hydrogen (secondary N) is 1. The SMILES string of the molecule is Cc1nn(C(C)C)cc1CNc1cnn(CCF)c1C. The summed E-state index contributed by atoms with van der Waals surface area (Å²) in [4.78, 5) is 0. The minimum absolute atomic E-state index is 0.303. The Morgan fingerprint density at radius 2 is 2.10 bits per heavy atom. The molecule has 110 valence electrons. The van der Waals surface area contributed by atoms with Crippen molar-refractivity contribution in [3.8, 4) is 0 Å². The van der Waals surface area contributed by atoms with Gasteiger partial charge in [0.2, 0.25) is 0 Å². The Hall–Kier alpha value is -1.85. The Bertz CT molecular complexity index is 570. The van der Waals surface area contributed by atoms with Crippen LogP contribution in [0.25, 0.3) is 0 Å². The smallest absolute Gasteiger partial charge is 0.109 e. The summed E-state index contributed by atoms with van der Waals surface area (Å²) >= 11 is 0. The average Bonchev–Trinajstić information content (AvgIpc) is 2.93. The van der Waals surface area contributed by atoms with E-state index in [1.807, 2.05) is 18.5 Å². The van der Waals surface area contributed by atoms with Gasteiger partial charge in [0.25, 0.3) is 0 Å². The van der Waals surface area contributed by atoms with Crippen molar-refractivity contribution >= 4 is 5.69 Å². The molecule has 0 saturated heterocycles. The molecule has 0 unspecified atom stereocenters. The Labute approximate surface area is 118 Å². The van der Waals surface area contributed by atoms with Crippen molar-refractivity contribution in [1.29, 1.82) is 0 Å². The molecule has 0 aliphatic rings. The van der Waals surface area contributed by atoms with E-state index in [2.05, 4.69) is 35.6 Å². The molecule has 0 spiro atoms. The van der Waals surface area contributed by atoms with Crippen molar-refractivity contribution < 1.29 is 4.39 Å². The quantitative estimate of drug-likeness (QED) is 0.884. The molecular weight excluding hydrogens is 257 g/mol. The fraction of sp³-hybridized carbons (Fsp3) is 0.571. The van der Waals surface area contributed by atoms with Crippen LogP contribution in [0, 0.1) is 13.8 Å². The first-order valence-electron chi connectivity index (χ1n) is 6.89. The molecule has 0 bridgehead atoms. The van der Waals surface area contributed by atoms with Gasteiger partial charge in [-0.1, -0.05) is 0 Å². The molecule has 0 aliphatic carbocycles. The number of aryl methyl sites for hydroxylation is 2. The van der Waals surface area contributed by atoms with Crippen LogP contribution in [0.1, 0.15) is 36.8 Å². The van der Waals surface area contributed by atoms with E-state index in [-0.39, 0.29) is 0 Å². The fourth-order valence-electron chi connectivity index (χ4n) is 2.07. The maximum atomic E-state index is 12.4. The van der Waals surface area contributed by atoms with Crippen molar-refractivity contribution in [2.24, 2.45) is 0 Å². The van der Waals surface area contributed by atoms with Crippen molar-refractivity contribution in [3.05, 3.63) is 29.3 Å². The molecule has 0 amide bonds. The Morgan fingerprint density at radius 3 is 2.70 bits per heavy atom. The van der Waals surface area contributed by atoms with Crippen LogP contribution in [-0.2, 0) is 13.1 Å². The second kappa shape index (κ2) is 6.07. The number of hydrogen-bond donors (Lipinski definition) is 1. The topological polar surface area (TPSA) is 47.7 Å². The van der Waals surface area contributed by atoms with Crippen molar-refractivity contribution in [2.45, 2.75) is 46.8 Å². The molecule has 1 N–H and O–H groups in total. The molecule has 0 aromatic carbocycles. The molecule has 20 heavy (non-hydrogen) atoms. The van der Waals surface area contributed by atoms with Crippen LogP contribution < -0.4 is 5.32 Å². The number of halogens is 1. The summed E-state index contributed by atoms with van der Waals surface area (Å²) in [5, 5.41) is 12.0. The first-order chi connectivity index (χ1) is 9.52. The molecule has 0 atom stereocenters. The summed E-state index contributed by atoms with van der Waals surface area (Å²) in [6.45, 7) is 8.76. The van der Waals surface area contributed by atoms with Gasteiger partial charge in [0.1, 0.15) is 6.67 Å². The van der Waals surface area contributed by atoms with E-state index < -0.39 is 6.67 Å². The summed E-state index contributed by atoms with van der Waals surface area (Å²) in [5.74, 6) is 0. The molecule has 0 fully saturated rings. The van der Waals surface area contributed by atoms with Crippen LogP contribution >= 0.6 is 0 Å². The predicted molar refractivity (Wildman–Crippen MR) is 77.6 cm³/mol. The lowest BCUT2D eigenvalue weighted by Crippen LogP contribution is -2.05. The van der Waals surface area contributed by atoms with Gasteiger partial charge in [-0.15, -0.1) is 0 Å². The molecule has 2 aromatic heterocycles. The van der Waals surface area contributed by atoms with Crippen molar-refractivity contribution in [2.75, 3.05) is 12.0 Å². The standard InChI is InChI=1S/C14H22FN5/c1-10(2)20-9-13(11(3)18-20)7-16-14-8-17-19(6-5-15)12(14)4/h8-10,16H,5-7H2,1-4H3. The number of hydrogen-bond acceptors (Lipinski definition) is 3. The van der Waals surface area contributed by atoms with Gasteiger partial charge in [-0.25, -0.2) is 4.39 Å². The van der Waals surface area contributed by atoms with E-state index >= 15 is 0 Å². The third kappa shape index (κ3) is 3.00. The summed E-state index contributed by atoms with van der Waals surface area (Å²) in [6.07, 6.45) is 3.81. The van der Waals surface area contributed by atoms with Crippen LogP contribution in [0.5, 0.6) is 0 Å². The number of rotatable bonds is 6. The highest BCUT2D eigenvalue weighted by Crippen LogP contribution is 2.17. The van der Waals surface area contributed by atoms with E-state index in [4.69, 9.17) is 0 Å². The normalized spacial score (nSPS) is 11.3. The van der Waals surface area contributed by atoms with Crippen LogP contribution in [0.15, 0.2) is 12.4 Å². The Kier molecular flexibility index (Phi) is 4.42. The lowest BCUT2D eigenvalue weighted by molar-refractivity contribution is 0.423. The zero-order valence-corrected chi connectivity index (χ0v) is 12.5. The largest absolute Gasteiger partial charge is 0.378 e. The zero-order chi connectivity index (χ0) is 14.7. The maximum absolute atomic E-state index is 12.4. The highest BCUT2D eigenvalue weighted by molar-refractivity contribution is 5.46. The van der Waals surface area contributed by atoms with E-state index in [1.54, 1.807) is 10.9 Å². The van der Waals surface area contributed by atoms with Gasteiger partial charge in [0.05, 0.1) is 29.8 Å². The number of alkyl halides is 1. The van der Waals surface area contributed by atoms with Crippen LogP contribution in [-0.4, -0.2) is 26.2 Å². The van der Waals surface area contributed by atoms with Crippen molar-refractivity contribution in [3.63, 3.8) is 0 Å². The van der Waals surface area contributed by atoms with Gasteiger partial charge in [0, 0.05) is 24.3 Å². The summed E-state index contributed by atoms with van der Waals surface area (Å²) in [5.41, 5.74) is 4.09. The first-order valence-corrected chi connectivity index (χ1v) is 6.89. The van der Waals surface area contributed by atoms with Crippen LogP contribution in [0.3, 0.4) is 0 Å². The Morgan fingerprint density at radius 1 is 1.35 bits per heavy atom. The van der Waals surface area contributed by atoms with Gasteiger partial charge in [-0.05, 0) is 27.7 Å². The third-order valence-electron chi connectivity index (χ3n) is 3.42. The summed E-state index contributed by atoms with van der Waals surface area (Å²) in [6, 6.07) is 0.358. The van der Waals surface area contributed by atoms with E-state index in [0.717, 1.165) is 22.6 Å². The van der Waals surface area contributed by atoms with Gasteiger partial charge in [0.15, 0.2) is 0 Å². The summed E-state index contributed by atoms with van der Waals surface area (Å²) in [7, 11) is 0. The minimum atomic E-state index is -0.401. The molecule has 2 aromatic rings. The highest BCUT2D eigenvalue weighted by atomic mass is 19.1. The Balaban J connectivity index is 2.05. The van der Waals surface area contributed by atoms with Crippen molar-refractivity contribution in [1.82, 2.24) is 19.6 Å². The monoisotopic (exact) mass is 279 g/mol. The van der Waals surface area contributed by atoms with Gasteiger partial charge in [-0.3, -0.25) is 9.36 Å². The van der Waals surface area contributed by atoms with E-state index in [1.165, 1.54) is 0 Å². The van der Waals surface area contributed by atoms with Gasteiger partial charge in [-0.2, -0.15) is 10.2 Å². The lowest BCUT2D eigenvalue weighted by atomic mass is 10.2. The molecular formula is C14H22FN5. The minimum Gasteiger partial charge on any atom is -0.378 e. The predicted octanol–water partition coefficient (Wildman–Crippen LogP) is 2.86. The molecule has 0 saturated carbocycles. The molecule has 0 radical (unpaired) electrons. The fourth-order valence-corrected chi connectivity index (χ4v) is 2.07. The number of nitrogens with zero attached hydrogens (tertiary/aromatic N) is 4. The molecule has 0 aliphatic heterocycles. The highest BCUT2D eigenvalue weighted by Gasteiger charge is 2.09. The lowest BCUT2D eigenvalue weighted by Gasteiger charge is -2.06. The van der Waals surface area contributed by atoms with Crippen LogP contribution in [0.4, 0.5) is 10.1 Å². The van der Waals surface area contributed by atoms with Gasteiger partial charge >= 0.3 is 0 Å². The van der Waals surface area contributed by atoms with Gasteiger partial charge < -0.3 is 5.32 Å². The second-order valence-corrected chi connectivity index (χ2v) is 5.22. The number of aromatic nitrogens is 4. The van der Waals surface area contributed by atoms with E-state index in [9.17, 15) is 4.39 Å². The molecule has 5 nitrogen and oxygen atoms in total. The molecule has 2 heterocycles. The average molecular weight is 279 g/mol. The zero-order valence-electron chi connectivity index (χ0n) is 12.5. The van der Waals surface area contributed by atoms with Crippen LogP contribution in [0.2, 0.25) is 0 Å². The third-order valence-corrected chi connectivity index (χ3v) is 3.42. The molecule has 6 heteroatoms. The summed E-state index contributed by atoms with van der Waals surface area (Å²) < 4.78 is 16.0. The first kappa shape index (κ1) is 14.6. The van der Waals surface area contributed by atoms with E-state index in [0.29, 0.717) is 19.1 Å². The number of anilines is 1.